The topological polar surface area (TPSA) is 87.7 Å². The molecule has 0 aliphatic rings. The molecule has 20 heavy (non-hydrogen) atoms. The second-order valence-corrected chi connectivity index (χ2v) is 4.55. The Hall–Kier alpha value is -1.95. The first-order valence-electron chi connectivity index (χ1n) is 6.13. The zero-order valence-corrected chi connectivity index (χ0v) is 11.8. The van der Waals surface area contributed by atoms with Gasteiger partial charge in [-0.2, -0.15) is 0 Å². The minimum Gasteiger partial charge on any atom is -0.487 e. The molecule has 1 rings (SSSR count). The number of hydrogen-bond acceptors (Lipinski definition) is 3. The summed E-state index contributed by atoms with van der Waals surface area (Å²) in [5.74, 6) is -0.407. The van der Waals surface area contributed by atoms with E-state index in [1.807, 2.05) is 0 Å². The van der Waals surface area contributed by atoms with Crippen LogP contribution in [0, 0.1) is 0 Å². The van der Waals surface area contributed by atoms with Crippen LogP contribution in [0.4, 0.5) is 4.79 Å². The summed E-state index contributed by atoms with van der Waals surface area (Å²) in [7, 11) is 0. The predicted molar refractivity (Wildman–Crippen MR) is 75.2 cm³/mol. The molecule has 1 unspecified atom stereocenters. The van der Waals surface area contributed by atoms with E-state index in [-0.39, 0.29) is 25.6 Å². The largest absolute Gasteiger partial charge is 0.487 e. The molecule has 6 nitrogen and oxygen atoms in total. The van der Waals surface area contributed by atoms with Crippen molar-refractivity contribution in [3.63, 3.8) is 0 Å². The smallest absolute Gasteiger partial charge is 0.314 e. The van der Waals surface area contributed by atoms with Crippen molar-refractivity contribution >= 4 is 23.6 Å². The van der Waals surface area contributed by atoms with Gasteiger partial charge in [0.15, 0.2) is 0 Å². The number of benzene rings is 1. The van der Waals surface area contributed by atoms with Crippen LogP contribution in [0.15, 0.2) is 24.3 Å². The number of halogens is 1. The third kappa shape index (κ3) is 6.29. The van der Waals surface area contributed by atoms with Gasteiger partial charge in [-0.1, -0.05) is 23.7 Å². The van der Waals surface area contributed by atoms with Gasteiger partial charge in [-0.15, -0.1) is 0 Å². The van der Waals surface area contributed by atoms with E-state index in [4.69, 9.17) is 21.4 Å². The number of para-hydroxylation sites is 1. The molecule has 1 atom stereocenters. The molecule has 0 aromatic heterocycles. The number of carbonyl (C=O) groups is 2. The van der Waals surface area contributed by atoms with Crippen LogP contribution in [-0.4, -0.2) is 36.3 Å². The molecule has 0 aliphatic carbocycles. The van der Waals surface area contributed by atoms with Crippen molar-refractivity contribution in [2.45, 2.75) is 19.4 Å². The molecule has 0 fully saturated rings. The second-order valence-electron chi connectivity index (χ2n) is 4.14. The Bertz CT molecular complexity index is 467. The molecular weight excluding hydrogens is 284 g/mol. The first-order chi connectivity index (χ1) is 9.49. The molecule has 7 heteroatoms. The predicted octanol–water partition coefficient (Wildman–Crippen LogP) is 1.88. The highest BCUT2D eigenvalue weighted by atomic mass is 35.5. The van der Waals surface area contributed by atoms with Gasteiger partial charge in [0.2, 0.25) is 0 Å². The first-order valence-corrected chi connectivity index (χ1v) is 6.51. The van der Waals surface area contributed by atoms with Crippen molar-refractivity contribution in [1.82, 2.24) is 10.6 Å². The minimum atomic E-state index is -0.958. The molecule has 0 aliphatic heterocycles. The van der Waals surface area contributed by atoms with Crippen LogP contribution in [0.25, 0.3) is 0 Å². The zero-order chi connectivity index (χ0) is 15.0. The first kappa shape index (κ1) is 16.1. The van der Waals surface area contributed by atoms with Crippen LogP contribution < -0.4 is 15.4 Å². The minimum absolute atomic E-state index is 0.0842. The Morgan fingerprint density at radius 3 is 2.70 bits per heavy atom. The van der Waals surface area contributed by atoms with Crippen LogP contribution in [0.5, 0.6) is 5.75 Å². The summed E-state index contributed by atoms with van der Waals surface area (Å²) in [6.45, 7) is 2.16. The number of urea groups is 1. The summed E-state index contributed by atoms with van der Waals surface area (Å²) in [4.78, 5) is 21.6. The van der Waals surface area contributed by atoms with E-state index >= 15 is 0 Å². The maximum absolute atomic E-state index is 11.4. The van der Waals surface area contributed by atoms with Crippen LogP contribution in [0.2, 0.25) is 5.02 Å². The van der Waals surface area contributed by atoms with E-state index in [0.717, 1.165) is 0 Å². The fraction of sp³-hybridized carbons (Fsp3) is 0.385. The lowest BCUT2D eigenvalue weighted by molar-refractivity contribution is -0.136. The van der Waals surface area contributed by atoms with Crippen molar-refractivity contribution in [2.75, 3.05) is 13.1 Å². The molecule has 0 spiro atoms. The number of carbonyl (C=O) groups excluding carboxylic acids is 1. The lowest BCUT2D eigenvalue weighted by Gasteiger charge is -2.16. The van der Waals surface area contributed by atoms with Gasteiger partial charge < -0.3 is 20.5 Å². The molecule has 0 saturated carbocycles. The lowest BCUT2D eigenvalue weighted by atomic mass is 10.3. The monoisotopic (exact) mass is 300 g/mol. The van der Waals surface area contributed by atoms with Gasteiger partial charge in [0.1, 0.15) is 11.9 Å². The molecule has 3 N–H and O–H groups in total. The SMILES string of the molecule is CC(CNC(=O)NCCC(=O)O)Oc1ccccc1Cl. The summed E-state index contributed by atoms with van der Waals surface area (Å²) in [5.41, 5.74) is 0. The number of amides is 2. The zero-order valence-electron chi connectivity index (χ0n) is 11.1. The second kappa shape index (κ2) is 8.27. The molecular formula is C13H17ClN2O4. The Morgan fingerprint density at radius 1 is 1.35 bits per heavy atom. The van der Waals surface area contributed by atoms with Crippen LogP contribution in [0.1, 0.15) is 13.3 Å². The van der Waals surface area contributed by atoms with Gasteiger partial charge in [0, 0.05) is 6.54 Å². The number of carboxylic acid groups (broad SMARTS) is 1. The number of aliphatic carboxylic acids is 1. The highest BCUT2D eigenvalue weighted by Crippen LogP contribution is 2.23. The van der Waals surface area contributed by atoms with Crippen molar-refractivity contribution in [2.24, 2.45) is 0 Å². The van der Waals surface area contributed by atoms with Gasteiger partial charge >= 0.3 is 12.0 Å². The van der Waals surface area contributed by atoms with Gasteiger partial charge in [0.05, 0.1) is 18.0 Å². The molecule has 110 valence electrons. The molecule has 0 radical (unpaired) electrons. The number of rotatable bonds is 7. The molecule has 1 aromatic carbocycles. The third-order valence-corrected chi connectivity index (χ3v) is 2.65. The Balaban J connectivity index is 2.26. The number of hydrogen-bond donors (Lipinski definition) is 3. The van der Waals surface area contributed by atoms with E-state index in [1.54, 1.807) is 31.2 Å². The van der Waals surface area contributed by atoms with Crippen LogP contribution in [-0.2, 0) is 4.79 Å². The van der Waals surface area contributed by atoms with E-state index in [2.05, 4.69) is 10.6 Å². The van der Waals surface area contributed by atoms with E-state index < -0.39 is 12.0 Å². The number of ether oxygens (including phenoxy) is 1. The van der Waals surface area contributed by atoms with Crippen LogP contribution >= 0.6 is 11.6 Å². The maximum Gasteiger partial charge on any atom is 0.314 e. The average molecular weight is 301 g/mol. The average Bonchev–Trinajstić information content (AvgIpc) is 2.39. The summed E-state index contributed by atoms with van der Waals surface area (Å²) < 4.78 is 5.57. The van der Waals surface area contributed by atoms with Gasteiger partial charge in [0.25, 0.3) is 0 Å². The number of nitrogens with one attached hydrogen (secondary N) is 2. The Labute approximate surface area is 122 Å². The van der Waals surface area contributed by atoms with Crippen molar-refractivity contribution < 1.29 is 19.4 Å². The van der Waals surface area contributed by atoms with Crippen molar-refractivity contribution in [3.8, 4) is 5.75 Å². The fourth-order valence-corrected chi connectivity index (χ4v) is 1.56. The van der Waals surface area contributed by atoms with E-state index in [9.17, 15) is 9.59 Å². The highest BCUT2D eigenvalue weighted by Gasteiger charge is 2.09. The molecule has 0 bridgehead atoms. The summed E-state index contributed by atoms with van der Waals surface area (Å²) in [6, 6.07) is 6.64. The Morgan fingerprint density at radius 2 is 2.05 bits per heavy atom. The summed E-state index contributed by atoms with van der Waals surface area (Å²) in [5, 5.41) is 14.0. The normalized spacial score (nSPS) is 11.5. The molecule has 0 heterocycles. The highest BCUT2D eigenvalue weighted by molar-refractivity contribution is 6.32. The fourth-order valence-electron chi connectivity index (χ4n) is 1.38. The quantitative estimate of drug-likeness (QED) is 0.717. The van der Waals surface area contributed by atoms with Gasteiger partial charge in [-0.25, -0.2) is 4.79 Å². The molecule has 2 amide bonds. The van der Waals surface area contributed by atoms with Gasteiger partial charge in [-0.3, -0.25) is 4.79 Å². The number of carboxylic acids is 1. The van der Waals surface area contributed by atoms with E-state index in [0.29, 0.717) is 10.8 Å². The van der Waals surface area contributed by atoms with Crippen molar-refractivity contribution in [3.05, 3.63) is 29.3 Å². The summed E-state index contributed by atoms with van der Waals surface area (Å²) in [6.07, 6.45) is -0.376. The van der Waals surface area contributed by atoms with Crippen molar-refractivity contribution in [1.29, 1.82) is 0 Å². The summed E-state index contributed by atoms with van der Waals surface area (Å²) >= 11 is 5.95. The molecule has 0 saturated heterocycles. The lowest BCUT2D eigenvalue weighted by Crippen LogP contribution is -2.41. The Kier molecular flexibility index (Phi) is 6.66. The van der Waals surface area contributed by atoms with Crippen LogP contribution in [0.3, 0.4) is 0 Å². The van der Waals surface area contributed by atoms with E-state index in [1.165, 1.54) is 0 Å². The molecule has 1 aromatic rings. The third-order valence-electron chi connectivity index (χ3n) is 2.34. The van der Waals surface area contributed by atoms with Gasteiger partial charge in [-0.05, 0) is 19.1 Å². The standard InChI is InChI=1S/C13H17ClN2O4/c1-9(20-11-5-3-2-4-10(11)14)8-16-13(19)15-7-6-12(17)18/h2-5,9H,6-8H2,1H3,(H,17,18)(H2,15,16,19). The maximum atomic E-state index is 11.4.